The Labute approximate surface area is 109 Å². The molecule has 1 aromatic carbocycles. The van der Waals surface area contributed by atoms with Gasteiger partial charge in [-0.25, -0.2) is 0 Å². The summed E-state index contributed by atoms with van der Waals surface area (Å²) in [6, 6.07) is 9.92. The highest BCUT2D eigenvalue weighted by Gasteiger charge is 2.17. The maximum atomic E-state index is 10.6. The van der Waals surface area contributed by atoms with Crippen LogP contribution in [0.3, 0.4) is 0 Å². The number of hydrogen-bond donors (Lipinski definition) is 0. The Balaban J connectivity index is 1.58. The average molecular weight is 247 g/mol. The van der Waals surface area contributed by atoms with Crippen molar-refractivity contribution in [1.29, 1.82) is 0 Å². The Morgan fingerprint density at radius 2 is 1.94 bits per heavy atom. The van der Waals surface area contributed by atoms with E-state index in [0.29, 0.717) is 5.92 Å². The predicted octanol–water partition coefficient (Wildman–Crippen LogP) is 2.37. The SMILES string of the molecule is O=CC1CCN(CCCOc2ccccc2)CC1. The van der Waals surface area contributed by atoms with Gasteiger partial charge in [-0.1, -0.05) is 18.2 Å². The number of ether oxygens (including phenoxy) is 1. The zero-order valence-electron chi connectivity index (χ0n) is 10.8. The summed E-state index contributed by atoms with van der Waals surface area (Å²) in [5, 5.41) is 0. The van der Waals surface area contributed by atoms with E-state index in [0.717, 1.165) is 57.5 Å². The van der Waals surface area contributed by atoms with E-state index in [4.69, 9.17) is 4.74 Å². The fourth-order valence-corrected chi connectivity index (χ4v) is 2.31. The lowest BCUT2D eigenvalue weighted by molar-refractivity contribution is -0.112. The van der Waals surface area contributed by atoms with Gasteiger partial charge in [0, 0.05) is 12.5 Å². The van der Waals surface area contributed by atoms with Gasteiger partial charge in [0.15, 0.2) is 0 Å². The molecular formula is C15H21NO2. The van der Waals surface area contributed by atoms with Gasteiger partial charge in [0.1, 0.15) is 12.0 Å². The van der Waals surface area contributed by atoms with Crippen molar-refractivity contribution in [2.75, 3.05) is 26.2 Å². The number of carbonyl (C=O) groups is 1. The van der Waals surface area contributed by atoms with Crippen molar-refractivity contribution in [3.05, 3.63) is 30.3 Å². The van der Waals surface area contributed by atoms with Crippen molar-refractivity contribution in [3.63, 3.8) is 0 Å². The van der Waals surface area contributed by atoms with E-state index in [9.17, 15) is 4.79 Å². The van der Waals surface area contributed by atoms with Crippen molar-refractivity contribution in [3.8, 4) is 5.75 Å². The minimum absolute atomic E-state index is 0.293. The molecule has 1 aromatic rings. The molecule has 0 spiro atoms. The number of benzene rings is 1. The van der Waals surface area contributed by atoms with Crippen molar-refractivity contribution < 1.29 is 9.53 Å². The number of rotatable bonds is 6. The third-order valence-corrected chi connectivity index (χ3v) is 3.46. The molecule has 0 bridgehead atoms. The van der Waals surface area contributed by atoms with Crippen LogP contribution in [0.25, 0.3) is 0 Å². The molecule has 3 nitrogen and oxygen atoms in total. The van der Waals surface area contributed by atoms with E-state index in [2.05, 4.69) is 4.90 Å². The third-order valence-electron chi connectivity index (χ3n) is 3.46. The second-order valence-electron chi connectivity index (χ2n) is 4.83. The molecule has 18 heavy (non-hydrogen) atoms. The Morgan fingerprint density at radius 1 is 1.22 bits per heavy atom. The van der Waals surface area contributed by atoms with Gasteiger partial charge in [0.2, 0.25) is 0 Å². The van der Waals surface area contributed by atoms with Gasteiger partial charge in [-0.3, -0.25) is 0 Å². The molecule has 0 unspecified atom stereocenters. The van der Waals surface area contributed by atoms with Gasteiger partial charge in [-0.2, -0.15) is 0 Å². The molecule has 0 saturated carbocycles. The first-order valence-corrected chi connectivity index (χ1v) is 6.74. The van der Waals surface area contributed by atoms with Gasteiger partial charge < -0.3 is 14.4 Å². The quantitative estimate of drug-likeness (QED) is 0.571. The van der Waals surface area contributed by atoms with Crippen LogP contribution in [0, 0.1) is 5.92 Å². The molecule has 0 atom stereocenters. The van der Waals surface area contributed by atoms with Crippen molar-refractivity contribution >= 4 is 6.29 Å². The zero-order valence-corrected chi connectivity index (χ0v) is 10.8. The third kappa shape index (κ3) is 4.15. The monoisotopic (exact) mass is 247 g/mol. The van der Waals surface area contributed by atoms with E-state index in [1.807, 2.05) is 30.3 Å². The van der Waals surface area contributed by atoms with E-state index in [-0.39, 0.29) is 0 Å². The predicted molar refractivity (Wildman–Crippen MR) is 71.8 cm³/mol. The van der Waals surface area contributed by atoms with Gasteiger partial charge in [0.05, 0.1) is 6.61 Å². The number of likely N-dealkylation sites (tertiary alicyclic amines) is 1. The molecular weight excluding hydrogens is 226 g/mol. The van der Waals surface area contributed by atoms with Crippen LogP contribution in [0.1, 0.15) is 19.3 Å². The van der Waals surface area contributed by atoms with Crippen LogP contribution >= 0.6 is 0 Å². The van der Waals surface area contributed by atoms with Gasteiger partial charge in [0.25, 0.3) is 0 Å². The number of nitrogens with zero attached hydrogens (tertiary/aromatic N) is 1. The molecule has 98 valence electrons. The molecule has 1 fully saturated rings. The number of carbonyl (C=O) groups excluding carboxylic acids is 1. The summed E-state index contributed by atoms with van der Waals surface area (Å²) < 4.78 is 5.66. The number of hydrogen-bond acceptors (Lipinski definition) is 3. The maximum absolute atomic E-state index is 10.6. The molecule has 0 amide bonds. The van der Waals surface area contributed by atoms with Crippen LogP contribution < -0.4 is 4.74 Å². The molecule has 0 radical (unpaired) electrons. The highest BCUT2D eigenvalue weighted by atomic mass is 16.5. The molecule has 0 aliphatic carbocycles. The summed E-state index contributed by atoms with van der Waals surface area (Å²) in [7, 11) is 0. The Morgan fingerprint density at radius 3 is 2.61 bits per heavy atom. The second-order valence-corrected chi connectivity index (χ2v) is 4.83. The summed E-state index contributed by atoms with van der Waals surface area (Å²) in [5.41, 5.74) is 0. The highest BCUT2D eigenvalue weighted by molar-refractivity contribution is 5.53. The largest absolute Gasteiger partial charge is 0.494 e. The summed E-state index contributed by atoms with van der Waals surface area (Å²) in [6.07, 6.45) is 4.18. The molecule has 1 aliphatic rings. The maximum Gasteiger partial charge on any atom is 0.123 e. The van der Waals surface area contributed by atoms with Gasteiger partial charge in [-0.05, 0) is 44.5 Å². The molecule has 3 heteroatoms. The Hall–Kier alpha value is -1.35. The molecule has 1 saturated heterocycles. The van der Waals surface area contributed by atoms with Crippen LogP contribution in [0.15, 0.2) is 30.3 Å². The second kappa shape index (κ2) is 7.17. The van der Waals surface area contributed by atoms with Crippen LogP contribution in [-0.4, -0.2) is 37.4 Å². The summed E-state index contributed by atoms with van der Waals surface area (Å²) in [6.45, 7) is 3.93. The number of aldehydes is 1. The van der Waals surface area contributed by atoms with Gasteiger partial charge >= 0.3 is 0 Å². The topological polar surface area (TPSA) is 29.5 Å². The van der Waals surface area contributed by atoms with E-state index < -0.39 is 0 Å². The molecule has 0 aromatic heterocycles. The Kier molecular flexibility index (Phi) is 5.21. The first kappa shape index (κ1) is 13.1. The van der Waals surface area contributed by atoms with E-state index >= 15 is 0 Å². The lowest BCUT2D eigenvalue weighted by atomic mass is 9.98. The highest BCUT2D eigenvalue weighted by Crippen LogP contribution is 2.15. The summed E-state index contributed by atoms with van der Waals surface area (Å²) in [5.74, 6) is 1.24. The number of piperidine rings is 1. The minimum atomic E-state index is 0.293. The smallest absolute Gasteiger partial charge is 0.123 e. The first-order valence-electron chi connectivity index (χ1n) is 6.74. The lowest BCUT2D eigenvalue weighted by Gasteiger charge is -2.29. The van der Waals surface area contributed by atoms with E-state index in [1.54, 1.807) is 0 Å². The first-order chi connectivity index (χ1) is 8.88. The van der Waals surface area contributed by atoms with Crippen molar-refractivity contribution in [2.24, 2.45) is 5.92 Å². The molecule has 2 rings (SSSR count). The van der Waals surface area contributed by atoms with Crippen LogP contribution in [0.5, 0.6) is 5.75 Å². The van der Waals surface area contributed by atoms with E-state index in [1.165, 1.54) is 0 Å². The van der Waals surface area contributed by atoms with Gasteiger partial charge in [-0.15, -0.1) is 0 Å². The van der Waals surface area contributed by atoms with Crippen LogP contribution in [0.2, 0.25) is 0 Å². The average Bonchev–Trinajstić information content (AvgIpc) is 2.45. The fourth-order valence-electron chi connectivity index (χ4n) is 2.31. The minimum Gasteiger partial charge on any atom is -0.494 e. The fraction of sp³-hybridized carbons (Fsp3) is 0.533. The number of para-hydroxylation sites is 1. The van der Waals surface area contributed by atoms with Crippen LogP contribution in [0.4, 0.5) is 0 Å². The molecule has 1 aliphatic heterocycles. The normalized spacial score (nSPS) is 17.6. The lowest BCUT2D eigenvalue weighted by Crippen LogP contribution is -2.35. The standard InChI is InChI=1S/C15H21NO2/c17-13-14-7-10-16(11-8-14)9-4-12-18-15-5-2-1-3-6-15/h1-3,5-6,13-14H,4,7-12H2. The Bertz CT molecular complexity index is 345. The van der Waals surface area contributed by atoms with Crippen LogP contribution in [-0.2, 0) is 4.79 Å². The molecule has 0 N–H and O–H groups in total. The molecule has 1 heterocycles. The van der Waals surface area contributed by atoms with Crippen molar-refractivity contribution in [1.82, 2.24) is 4.90 Å². The zero-order chi connectivity index (χ0) is 12.6. The summed E-state index contributed by atoms with van der Waals surface area (Å²) in [4.78, 5) is 13.1. The summed E-state index contributed by atoms with van der Waals surface area (Å²) >= 11 is 0. The van der Waals surface area contributed by atoms with Crippen molar-refractivity contribution in [2.45, 2.75) is 19.3 Å².